The molecule has 0 fully saturated rings. The van der Waals surface area contributed by atoms with Crippen molar-refractivity contribution in [2.24, 2.45) is 0 Å². The molecule has 0 radical (unpaired) electrons. The molecule has 3 heteroatoms. The smallest absolute Gasteiger partial charge is 0.508 e. The van der Waals surface area contributed by atoms with Gasteiger partial charge in [0.05, 0.1) is 12.3 Å². The average Bonchev–Trinajstić information content (AvgIpc) is 1.64. The second-order valence-electron chi connectivity index (χ2n) is 1.31. The maximum atomic E-state index is 10.2. The molecule has 0 aliphatic heterocycles. The van der Waals surface area contributed by atoms with Gasteiger partial charge in [-0.1, -0.05) is 0 Å². The molecule has 1 heterocycles. The Morgan fingerprint density at radius 3 is 2.88 bits per heavy atom. The van der Waals surface area contributed by atoms with Crippen LogP contribution < -0.4 is 5.63 Å². The SMILES string of the molecule is O=c1cc(O)cco1.[H+]. The van der Waals surface area contributed by atoms with Crippen molar-refractivity contribution < 1.29 is 11.0 Å². The van der Waals surface area contributed by atoms with Gasteiger partial charge in [0.25, 0.3) is 0 Å². The molecule has 0 aromatic carbocycles. The lowest BCUT2D eigenvalue weighted by atomic mass is 10.5. The Morgan fingerprint density at radius 1 is 1.75 bits per heavy atom. The van der Waals surface area contributed by atoms with Gasteiger partial charge in [-0.15, -0.1) is 0 Å². The highest BCUT2D eigenvalue weighted by atomic mass is 16.4. The highest BCUT2D eigenvalue weighted by Gasteiger charge is 1.85. The zero-order valence-electron chi connectivity index (χ0n) is 5.00. The Kier molecular flexibility index (Phi) is 1.04. The summed E-state index contributed by atoms with van der Waals surface area (Å²) in [5.74, 6) is -0.0683. The van der Waals surface area contributed by atoms with Crippen LogP contribution >= 0.6 is 0 Å². The molecule has 1 aromatic rings. The van der Waals surface area contributed by atoms with Gasteiger partial charge in [-0.2, -0.15) is 0 Å². The minimum Gasteiger partial charge on any atom is -0.508 e. The predicted octanol–water partition coefficient (Wildman–Crippen LogP) is 0.458. The second kappa shape index (κ2) is 1.69. The third-order valence-corrected chi connectivity index (χ3v) is 0.689. The fraction of sp³-hybridized carbons (Fsp3) is 0. The molecule has 0 spiro atoms. The topological polar surface area (TPSA) is 50.4 Å². The van der Waals surface area contributed by atoms with Crippen LogP contribution in [0.4, 0.5) is 0 Å². The van der Waals surface area contributed by atoms with Crippen molar-refractivity contribution in [3.8, 4) is 5.75 Å². The summed E-state index contributed by atoms with van der Waals surface area (Å²) in [7, 11) is 0. The third kappa shape index (κ3) is 0.872. The minimum absolute atomic E-state index is 0. The Bertz CT molecular complexity index is 230. The number of hydrogen-bond acceptors (Lipinski definition) is 3. The van der Waals surface area contributed by atoms with Crippen LogP contribution in [0.3, 0.4) is 0 Å². The molecule has 8 heavy (non-hydrogen) atoms. The second-order valence-corrected chi connectivity index (χ2v) is 1.31. The highest BCUT2D eigenvalue weighted by Crippen LogP contribution is 1.98. The molecule has 1 aromatic heterocycles. The minimum atomic E-state index is -0.537. The van der Waals surface area contributed by atoms with E-state index in [4.69, 9.17) is 5.11 Å². The molecule has 1 N–H and O–H groups in total. The van der Waals surface area contributed by atoms with E-state index in [2.05, 4.69) is 4.42 Å². The Hall–Kier alpha value is -1.25. The summed E-state index contributed by atoms with van der Waals surface area (Å²) in [6.07, 6.45) is 1.14. The van der Waals surface area contributed by atoms with E-state index in [1.54, 1.807) is 0 Å². The largest absolute Gasteiger partial charge is 1.00 e. The first kappa shape index (κ1) is 4.90. The highest BCUT2D eigenvalue weighted by molar-refractivity contribution is 5.12. The van der Waals surface area contributed by atoms with Gasteiger partial charge < -0.3 is 9.52 Å². The standard InChI is InChI=1S/C5H4O3/c6-4-1-2-8-5(7)3-4/h1-3,6H/p+1. The fourth-order valence-electron chi connectivity index (χ4n) is 0.374. The molecule has 0 unspecified atom stereocenters. The van der Waals surface area contributed by atoms with Gasteiger partial charge in [0, 0.05) is 6.07 Å². The Labute approximate surface area is 46.7 Å². The molecule has 1 rings (SSSR count). The summed E-state index contributed by atoms with van der Waals surface area (Å²) in [6.45, 7) is 0. The number of aromatic hydroxyl groups is 1. The van der Waals surface area contributed by atoms with Gasteiger partial charge in [0.2, 0.25) is 0 Å². The Balaban J connectivity index is 0.000000640. The van der Waals surface area contributed by atoms with Crippen LogP contribution in [0.1, 0.15) is 1.43 Å². The average molecular weight is 113 g/mol. The van der Waals surface area contributed by atoms with Crippen molar-refractivity contribution >= 4 is 0 Å². The van der Waals surface area contributed by atoms with Crippen LogP contribution in [0.15, 0.2) is 27.6 Å². The predicted molar refractivity (Wildman–Crippen MR) is 27.8 cm³/mol. The molecule has 0 aliphatic rings. The first-order valence-electron chi connectivity index (χ1n) is 2.07. The van der Waals surface area contributed by atoms with Crippen LogP contribution in [-0.4, -0.2) is 5.11 Å². The zero-order valence-corrected chi connectivity index (χ0v) is 4.00. The maximum Gasteiger partial charge on any atom is 1.00 e. The lowest BCUT2D eigenvalue weighted by Crippen LogP contribution is -1.91. The van der Waals surface area contributed by atoms with Crippen LogP contribution in [0, 0.1) is 0 Å². The van der Waals surface area contributed by atoms with E-state index in [1.807, 2.05) is 0 Å². The molecule has 0 atom stereocenters. The van der Waals surface area contributed by atoms with Crippen molar-refractivity contribution in [1.29, 1.82) is 0 Å². The van der Waals surface area contributed by atoms with E-state index in [0.29, 0.717) is 0 Å². The lowest BCUT2D eigenvalue weighted by molar-refractivity contribution is 0.447. The van der Waals surface area contributed by atoms with E-state index in [9.17, 15) is 4.79 Å². The van der Waals surface area contributed by atoms with Crippen molar-refractivity contribution in [3.63, 3.8) is 0 Å². The summed E-state index contributed by atoms with van der Waals surface area (Å²) >= 11 is 0. The van der Waals surface area contributed by atoms with Gasteiger partial charge in [0.15, 0.2) is 0 Å². The third-order valence-electron chi connectivity index (χ3n) is 0.689. The first-order chi connectivity index (χ1) is 3.79. The van der Waals surface area contributed by atoms with Gasteiger partial charge in [0.1, 0.15) is 5.75 Å². The lowest BCUT2D eigenvalue weighted by Gasteiger charge is -1.82. The number of hydrogen-bond donors (Lipinski definition) is 1. The van der Waals surface area contributed by atoms with Crippen molar-refractivity contribution in [1.82, 2.24) is 0 Å². The van der Waals surface area contributed by atoms with E-state index in [0.717, 1.165) is 12.3 Å². The van der Waals surface area contributed by atoms with E-state index in [-0.39, 0.29) is 7.18 Å². The van der Waals surface area contributed by atoms with Crippen LogP contribution in [-0.2, 0) is 0 Å². The first-order valence-corrected chi connectivity index (χ1v) is 2.07. The molecule has 3 nitrogen and oxygen atoms in total. The van der Waals surface area contributed by atoms with Crippen molar-refractivity contribution in [2.75, 3.05) is 0 Å². The monoisotopic (exact) mass is 113 g/mol. The van der Waals surface area contributed by atoms with Gasteiger partial charge in [-0.05, 0) is 0 Å². The molecule has 42 valence electrons. The zero-order chi connectivity index (χ0) is 5.98. The summed E-state index contributed by atoms with van der Waals surface area (Å²) in [5.41, 5.74) is -0.537. The van der Waals surface area contributed by atoms with E-state index >= 15 is 0 Å². The van der Waals surface area contributed by atoms with Gasteiger partial charge >= 0.3 is 7.05 Å². The van der Waals surface area contributed by atoms with Gasteiger partial charge in [-0.25, -0.2) is 4.79 Å². The summed E-state index contributed by atoms with van der Waals surface area (Å²) in [6, 6.07) is 2.29. The molecule has 0 amide bonds. The molecule has 0 saturated carbocycles. The molecular formula is C5H5O3+. The van der Waals surface area contributed by atoms with Crippen molar-refractivity contribution in [2.45, 2.75) is 0 Å². The summed E-state index contributed by atoms with van der Waals surface area (Å²) in [5, 5.41) is 8.55. The molecule has 0 aliphatic carbocycles. The van der Waals surface area contributed by atoms with E-state index in [1.165, 1.54) is 6.07 Å². The fourth-order valence-corrected chi connectivity index (χ4v) is 0.374. The molecule has 0 saturated heterocycles. The van der Waals surface area contributed by atoms with Crippen LogP contribution in [0.2, 0.25) is 0 Å². The normalized spacial score (nSPS) is 9.00. The summed E-state index contributed by atoms with van der Waals surface area (Å²) < 4.78 is 4.29. The van der Waals surface area contributed by atoms with Crippen LogP contribution in [0.25, 0.3) is 0 Å². The van der Waals surface area contributed by atoms with E-state index < -0.39 is 5.63 Å². The van der Waals surface area contributed by atoms with Crippen molar-refractivity contribution in [3.05, 3.63) is 28.8 Å². The maximum absolute atomic E-state index is 10.2. The molecule has 0 bridgehead atoms. The van der Waals surface area contributed by atoms with Gasteiger partial charge in [-0.3, -0.25) is 0 Å². The van der Waals surface area contributed by atoms with Crippen LogP contribution in [0.5, 0.6) is 5.75 Å². The Morgan fingerprint density at radius 2 is 2.50 bits per heavy atom. The molecular weight excluding hydrogens is 108 g/mol. The quantitative estimate of drug-likeness (QED) is 0.531. The number of rotatable bonds is 0. The summed E-state index contributed by atoms with van der Waals surface area (Å²) in [4.78, 5) is 10.2.